The number of rotatable bonds is 6. The third kappa shape index (κ3) is 4.38. The van der Waals surface area contributed by atoms with E-state index in [1.807, 2.05) is 19.9 Å². The highest BCUT2D eigenvalue weighted by atomic mass is 32.2. The second kappa shape index (κ2) is 6.91. The first-order valence-corrected chi connectivity index (χ1v) is 8.41. The minimum Gasteiger partial charge on any atom is -0.480 e. The van der Waals surface area contributed by atoms with Crippen LogP contribution in [-0.4, -0.2) is 19.5 Å². The average molecular weight is 334 g/mol. The van der Waals surface area contributed by atoms with Crippen molar-refractivity contribution >= 4 is 16.0 Å². The number of sulfonamides is 1. The van der Waals surface area contributed by atoms with Crippen molar-refractivity contribution < 1.29 is 18.3 Å². The minimum absolute atomic E-state index is 0.0592. The van der Waals surface area contributed by atoms with Crippen LogP contribution in [0.4, 0.5) is 0 Å². The highest BCUT2D eigenvalue weighted by Crippen LogP contribution is 2.15. The van der Waals surface area contributed by atoms with E-state index >= 15 is 0 Å². The maximum atomic E-state index is 12.2. The fraction of sp³-hybridized carbons (Fsp3) is 0.188. The number of nitrogens with one attached hydrogen (secondary N) is 2. The molecule has 0 saturated heterocycles. The van der Waals surface area contributed by atoms with Crippen molar-refractivity contribution in [2.24, 2.45) is 0 Å². The Bertz CT molecular complexity index is 801. The van der Waals surface area contributed by atoms with Crippen molar-refractivity contribution in [2.75, 3.05) is 0 Å². The molecule has 3 N–H and O–H groups in total. The van der Waals surface area contributed by atoms with Crippen molar-refractivity contribution in [1.82, 2.24) is 10.3 Å². The fourth-order valence-corrected chi connectivity index (χ4v) is 2.94. The van der Waals surface area contributed by atoms with Crippen molar-refractivity contribution in [3.8, 4) is 0 Å². The van der Waals surface area contributed by atoms with Gasteiger partial charge in [0.2, 0.25) is 0 Å². The number of benzene rings is 2. The molecule has 0 amide bonds. The Morgan fingerprint density at radius 3 is 2.26 bits per heavy atom. The van der Waals surface area contributed by atoms with Crippen LogP contribution in [0.3, 0.4) is 0 Å². The van der Waals surface area contributed by atoms with Gasteiger partial charge in [-0.1, -0.05) is 47.5 Å². The number of hydrazine groups is 1. The normalized spacial score (nSPS) is 12.8. The molecular weight excluding hydrogens is 316 g/mol. The highest BCUT2D eigenvalue weighted by Gasteiger charge is 2.22. The Morgan fingerprint density at radius 2 is 1.70 bits per heavy atom. The second-order valence-corrected chi connectivity index (χ2v) is 6.93. The topological polar surface area (TPSA) is 95.5 Å². The fourth-order valence-electron chi connectivity index (χ4n) is 2.05. The summed E-state index contributed by atoms with van der Waals surface area (Å²) in [4.78, 5) is 13.6. The van der Waals surface area contributed by atoms with Crippen molar-refractivity contribution in [2.45, 2.75) is 24.8 Å². The minimum atomic E-state index is -3.85. The van der Waals surface area contributed by atoms with Crippen LogP contribution in [0.1, 0.15) is 22.7 Å². The second-order valence-electron chi connectivity index (χ2n) is 5.25. The summed E-state index contributed by atoms with van der Waals surface area (Å²) in [7, 11) is -3.85. The number of aryl methyl sites for hydroxylation is 2. The van der Waals surface area contributed by atoms with Gasteiger partial charge in [0, 0.05) is 0 Å². The quantitative estimate of drug-likeness (QED) is 0.702. The Morgan fingerprint density at radius 1 is 1.04 bits per heavy atom. The summed E-state index contributed by atoms with van der Waals surface area (Å²) in [6, 6.07) is 11.9. The number of carboxylic acid groups (broad SMARTS) is 1. The number of hydrogen-bond donors (Lipinski definition) is 3. The molecule has 122 valence electrons. The molecule has 2 aromatic rings. The highest BCUT2D eigenvalue weighted by molar-refractivity contribution is 7.89. The van der Waals surface area contributed by atoms with Gasteiger partial charge >= 0.3 is 5.97 Å². The number of carbonyl (C=O) groups is 1. The molecule has 2 aromatic carbocycles. The number of carboxylic acids is 1. The molecule has 2 rings (SSSR count). The summed E-state index contributed by atoms with van der Waals surface area (Å²) in [6.45, 7) is 3.68. The Balaban J connectivity index is 2.18. The summed E-state index contributed by atoms with van der Waals surface area (Å²) >= 11 is 0. The summed E-state index contributed by atoms with van der Waals surface area (Å²) in [5.41, 5.74) is 4.66. The molecule has 0 heterocycles. The summed E-state index contributed by atoms with van der Waals surface area (Å²) in [5, 5.41) is 9.32. The lowest BCUT2D eigenvalue weighted by atomic mass is 10.1. The summed E-state index contributed by atoms with van der Waals surface area (Å²) in [5.74, 6) is -1.18. The molecule has 23 heavy (non-hydrogen) atoms. The molecule has 0 aliphatic carbocycles. The van der Waals surface area contributed by atoms with E-state index in [0.717, 1.165) is 11.1 Å². The predicted molar refractivity (Wildman–Crippen MR) is 86.2 cm³/mol. The molecule has 0 bridgehead atoms. The van der Waals surface area contributed by atoms with E-state index in [0.29, 0.717) is 5.56 Å². The van der Waals surface area contributed by atoms with Gasteiger partial charge in [0.05, 0.1) is 4.90 Å². The molecule has 7 heteroatoms. The van der Waals surface area contributed by atoms with Crippen molar-refractivity contribution in [3.63, 3.8) is 0 Å². The van der Waals surface area contributed by atoms with Gasteiger partial charge in [0.15, 0.2) is 0 Å². The molecule has 0 fully saturated rings. The molecule has 0 radical (unpaired) electrons. The van der Waals surface area contributed by atoms with Gasteiger partial charge in [0.25, 0.3) is 10.0 Å². The van der Waals surface area contributed by atoms with Crippen molar-refractivity contribution in [1.29, 1.82) is 0 Å². The van der Waals surface area contributed by atoms with E-state index in [4.69, 9.17) is 0 Å². The molecule has 1 atom stereocenters. The first-order valence-electron chi connectivity index (χ1n) is 6.93. The Labute approximate surface area is 135 Å². The largest absolute Gasteiger partial charge is 0.480 e. The SMILES string of the molecule is Cc1ccc(S(=O)(=O)NNC(C(=O)O)c2cccc(C)c2)cc1. The van der Waals surface area contributed by atoms with Gasteiger partial charge in [-0.25, -0.2) is 13.8 Å². The standard InChI is InChI=1S/C16H18N2O4S/c1-11-6-8-14(9-7-11)23(21,22)18-17-15(16(19)20)13-5-3-4-12(2)10-13/h3-10,15,17-18H,1-2H3,(H,19,20). The zero-order valence-corrected chi connectivity index (χ0v) is 13.6. The lowest BCUT2D eigenvalue weighted by Crippen LogP contribution is -2.42. The van der Waals surface area contributed by atoms with Gasteiger partial charge in [0.1, 0.15) is 6.04 Å². The van der Waals surface area contributed by atoms with Gasteiger partial charge in [-0.15, -0.1) is 4.83 Å². The van der Waals surface area contributed by atoms with E-state index < -0.39 is 22.0 Å². The molecular formula is C16H18N2O4S. The monoisotopic (exact) mass is 334 g/mol. The Hall–Kier alpha value is -2.22. The van der Waals surface area contributed by atoms with Gasteiger partial charge in [-0.05, 0) is 31.5 Å². The average Bonchev–Trinajstić information content (AvgIpc) is 2.47. The van der Waals surface area contributed by atoms with E-state index in [9.17, 15) is 18.3 Å². The molecule has 0 aliphatic heterocycles. The van der Waals surface area contributed by atoms with Gasteiger partial charge < -0.3 is 5.11 Å². The number of hydrogen-bond acceptors (Lipinski definition) is 4. The smallest absolute Gasteiger partial charge is 0.326 e. The van der Waals surface area contributed by atoms with Crippen LogP contribution in [-0.2, 0) is 14.8 Å². The molecule has 0 aliphatic rings. The molecule has 0 saturated carbocycles. The first kappa shape index (κ1) is 17.1. The summed E-state index contributed by atoms with van der Waals surface area (Å²) < 4.78 is 24.4. The third-order valence-electron chi connectivity index (χ3n) is 3.29. The van der Waals surface area contributed by atoms with Crippen LogP contribution >= 0.6 is 0 Å². The van der Waals surface area contributed by atoms with Gasteiger partial charge in [-0.2, -0.15) is 0 Å². The molecule has 0 aromatic heterocycles. The van der Waals surface area contributed by atoms with Crippen LogP contribution in [0.5, 0.6) is 0 Å². The lowest BCUT2D eigenvalue weighted by molar-refractivity contribution is -0.139. The van der Waals surface area contributed by atoms with E-state index in [2.05, 4.69) is 10.3 Å². The predicted octanol–water partition coefficient (Wildman–Crippen LogP) is 1.91. The molecule has 0 spiro atoms. The summed E-state index contributed by atoms with van der Waals surface area (Å²) in [6.07, 6.45) is 0. The van der Waals surface area contributed by atoms with E-state index in [1.54, 1.807) is 30.3 Å². The lowest BCUT2D eigenvalue weighted by Gasteiger charge is -2.16. The maximum absolute atomic E-state index is 12.2. The zero-order chi connectivity index (χ0) is 17.0. The van der Waals surface area contributed by atoms with Gasteiger partial charge in [-0.3, -0.25) is 4.79 Å². The van der Waals surface area contributed by atoms with Crippen molar-refractivity contribution in [3.05, 3.63) is 65.2 Å². The van der Waals surface area contributed by atoms with E-state index in [1.165, 1.54) is 12.1 Å². The van der Waals surface area contributed by atoms with E-state index in [-0.39, 0.29) is 4.90 Å². The van der Waals surface area contributed by atoms with Crippen LogP contribution in [0.25, 0.3) is 0 Å². The Kier molecular flexibility index (Phi) is 5.15. The van der Waals surface area contributed by atoms with Crippen LogP contribution in [0.15, 0.2) is 53.4 Å². The van der Waals surface area contributed by atoms with Crippen LogP contribution < -0.4 is 10.3 Å². The zero-order valence-electron chi connectivity index (χ0n) is 12.8. The molecule has 6 nitrogen and oxygen atoms in total. The van der Waals surface area contributed by atoms with Crippen LogP contribution in [0, 0.1) is 13.8 Å². The third-order valence-corrected chi connectivity index (χ3v) is 4.57. The molecule has 1 unspecified atom stereocenters. The maximum Gasteiger partial charge on any atom is 0.326 e. The first-order chi connectivity index (χ1) is 10.8. The number of aliphatic carboxylic acids is 1. The van der Waals surface area contributed by atoms with Crippen LogP contribution in [0.2, 0.25) is 0 Å².